The van der Waals surface area contributed by atoms with Gasteiger partial charge in [-0.1, -0.05) is 35.9 Å². The Hall–Kier alpha value is -5.18. The van der Waals surface area contributed by atoms with Gasteiger partial charge in [0.25, 0.3) is 5.91 Å². The molecule has 5 rings (SSSR count). The minimum absolute atomic E-state index is 0.0288. The van der Waals surface area contributed by atoms with Crippen LogP contribution >= 0.6 is 0 Å². The number of carboxylic acid groups (broad SMARTS) is 1. The van der Waals surface area contributed by atoms with Gasteiger partial charge in [-0.05, 0) is 86.7 Å². The number of aromatic carboxylic acids is 1. The smallest absolute Gasteiger partial charge is 0.337 e. The van der Waals surface area contributed by atoms with Crippen LogP contribution in [0.3, 0.4) is 0 Å². The van der Waals surface area contributed by atoms with Crippen molar-refractivity contribution in [3.05, 3.63) is 113 Å². The molecular weight excluding hydrogens is 546 g/mol. The van der Waals surface area contributed by atoms with Crippen molar-refractivity contribution in [2.45, 2.75) is 51.2 Å². The van der Waals surface area contributed by atoms with E-state index < -0.39 is 5.97 Å². The Morgan fingerprint density at radius 3 is 2.23 bits per heavy atom. The van der Waals surface area contributed by atoms with Crippen molar-refractivity contribution in [1.82, 2.24) is 10.3 Å². The van der Waals surface area contributed by atoms with Crippen LogP contribution in [0.1, 0.15) is 57.5 Å². The lowest BCUT2D eigenvalue weighted by atomic mass is 9.92. The van der Waals surface area contributed by atoms with Gasteiger partial charge < -0.3 is 25.2 Å². The summed E-state index contributed by atoms with van der Waals surface area (Å²) in [5.74, 6) is 0.229. The first-order valence-electron chi connectivity index (χ1n) is 14.2. The fraction of sp³-hybridized carbons (Fsp3) is 0.235. The van der Waals surface area contributed by atoms with Gasteiger partial charge >= 0.3 is 5.97 Å². The normalized spacial score (nSPS) is 16.1. The lowest BCUT2D eigenvalue weighted by Gasteiger charge is -2.29. The number of hydrogen-bond donors (Lipinski definition) is 3. The number of anilines is 1. The molecule has 3 aromatic carbocycles. The summed E-state index contributed by atoms with van der Waals surface area (Å²) in [4.78, 5) is 40.6. The third kappa shape index (κ3) is 8.19. The molecule has 4 aromatic rings. The topological polar surface area (TPSA) is 127 Å². The van der Waals surface area contributed by atoms with Gasteiger partial charge in [0.2, 0.25) is 11.8 Å². The summed E-state index contributed by atoms with van der Waals surface area (Å²) < 4.78 is 12.0. The number of carboxylic acids is 1. The fourth-order valence-electron chi connectivity index (χ4n) is 4.93. The van der Waals surface area contributed by atoms with Gasteiger partial charge in [-0.15, -0.1) is 0 Å². The molecule has 0 spiro atoms. The molecule has 9 heteroatoms. The van der Waals surface area contributed by atoms with Gasteiger partial charge in [-0.2, -0.15) is 0 Å². The zero-order valence-electron chi connectivity index (χ0n) is 23.8. The number of aryl methyl sites for hydroxylation is 1. The predicted molar refractivity (Wildman–Crippen MR) is 162 cm³/mol. The molecule has 2 amide bonds. The van der Waals surface area contributed by atoms with Crippen molar-refractivity contribution in [2.75, 3.05) is 5.32 Å². The summed E-state index contributed by atoms with van der Waals surface area (Å²) in [5, 5.41) is 15.1. The lowest BCUT2D eigenvalue weighted by Crippen LogP contribution is -2.39. The maximum atomic E-state index is 12.5. The van der Waals surface area contributed by atoms with Gasteiger partial charge in [0.05, 0.1) is 23.8 Å². The zero-order chi connectivity index (χ0) is 30.2. The van der Waals surface area contributed by atoms with Gasteiger partial charge in [-0.25, -0.2) is 9.78 Å². The molecule has 1 aromatic heterocycles. The van der Waals surface area contributed by atoms with E-state index in [2.05, 4.69) is 15.6 Å². The number of carbonyl (C=O) groups excluding carboxylic acids is 2. The highest BCUT2D eigenvalue weighted by Crippen LogP contribution is 2.27. The number of nitrogens with zero attached hydrogens (tertiary/aromatic N) is 1. The number of ether oxygens (including phenoxy) is 2. The second-order valence-electron chi connectivity index (χ2n) is 10.6. The van der Waals surface area contributed by atoms with Crippen LogP contribution in [0.5, 0.6) is 17.4 Å². The Morgan fingerprint density at radius 1 is 0.860 bits per heavy atom. The van der Waals surface area contributed by atoms with E-state index in [0.29, 0.717) is 22.8 Å². The van der Waals surface area contributed by atoms with Gasteiger partial charge in [0.15, 0.2) is 0 Å². The summed E-state index contributed by atoms with van der Waals surface area (Å²) in [7, 11) is 0. The summed E-state index contributed by atoms with van der Waals surface area (Å²) >= 11 is 0. The quantitative estimate of drug-likeness (QED) is 0.205. The zero-order valence-corrected chi connectivity index (χ0v) is 23.8. The van der Waals surface area contributed by atoms with Crippen molar-refractivity contribution in [3.63, 3.8) is 0 Å². The first-order chi connectivity index (χ1) is 20.8. The van der Waals surface area contributed by atoms with E-state index in [1.54, 1.807) is 36.5 Å². The number of para-hydroxylation sites is 1. The average Bonchev–Trinajstić information content (AvgIpc) is 3.00. The summed E-state index contributed by atoms with van der Waals surface area (Å²) in [6.45, 7) is 2.00. The Labute approximate surface area is 249 Å². The summed E-state index contributed by atoms with van der Waals surface area (Å²) in [5.41, 5.74) is 2.74. The van der Waals surface area contributed by atoms with Gasteiger partial charge in [0.1, 0.15) is 11.5 Å². The van der Waals surface area contributed by atoms with Crippen LogP contribution in [0, 0.1) is 6.92 Å². The van der Waals surface area contributed by atoms with Crippen molar-refractivity contribution in [3.8, 4) is 17.4 Å². The molecule has 1 saturated carbocycles. The monoisotopic (exact) mass is 579 g/mol. The lowest BCUT2D eigenvalue weighted by molar-refractivity contribution is -0.115. The van der Waals surface area contributed by atoms with Crippen molar-refractivity contribution >= 4 is 23.5 Å². The van der Waals surface area contributed by atoms with E-state index >= 15 is 0 Å². The molecular formula is C34H33N3O6. The molecule has 220 valence electrons. The van der Waals surface area contributed by atoms with Crippen LogP contribution in [0.4, 0.5) is 5.69 Å². The minimum atomic E-state index is -1.11. The molecule has 1 fully saturated rings. The Kier molecular flexibility index (Phi) is 9.31. The summed E-state index contributed by atoms with van der Waals surface area (Å²) in [6.07, 6.45) is 5.12. The maximum Gasteiger partial charge on any atom is 0.337 e. The number of rotatable bonds is 10. The van der Waals surface area contributed by atoms with Crippen LogP contribution in [-0.2, 0) is 11.2 Å². The molecule has 0 saturated heterocycles. The van der Waals surface area contributed by atoms with Gasteiger partial charge in [-0.3, -0.25) is 9.59 Å². The SMILES string of the molecule is Cc1ccc(C(=O)NC2CCC(Oc3ccc(Oc4ccc(CC(=O)Nc5ccccc5C(=O)O)cn4)cc3)CC2)cc1. The maximum absolute atomic E-state index is 12.5. The number of pyridine rings is 1. The molecule has 1 heterocycles. The first-order valence-corrected chi connectivity index (χ1v) is 14.2. The highest BCUT2D eigenvalue weighted by molar-refractivity contribution is 6.01. The van der Waals surface area contributed by atoms with Crippen molar-refractivity contribution in [1.29, 1.82) is 0 Å². The number of amides is 2. The molecule has 1 aliphatic rings. The standard InChI is InChI=1S/C34H33N3O6/c1-22-6-9-24(10-7-22)33(39)36-25-11-13-26(14-12-25)42-27-15-17-28(18-16-27)43-32-19-8-23(21-35-32)20-31(38)37-30-5-3-2-4-29(30)34(40)41/h2-10,15-19,21,25-26H,11-14,20H2,1H3,(H,36,39)(H,37,38)(H,40,41). The second kappa shape index (κ2) is 13.7. The number of carbonyl (C=O) groups is 3. The Balaban J connectivity index is 1.06. The van der Waals surface area contributed by atoms with Crippen LogP contribution < -0.4 is 20.1 Å². The van der Waals surface area contributed by atoms with E-state index in [0.717, 1.165) is 37.0 Å². The third-order valence-electron chi connectivity index (χ3n) is 7.27. The van der Waals surface area contributed by atoms with E-state index in [-0.39, 0.29) is 41.6 Å². The first kappa shape index (κ1) is 29.3. The molecule has 0 atom stereocenters. The number of nitrogens with one attached hydrogen (secondary N) is 2. The molecule has 0 radical (unpaired) electrons. The number of benzene rings is 3. The molecule has 0 unspecified atom stereocenters. The highest BCUT2D eigenvalue weighted by atomic mass is 16.5. The fourth-order valence-corrected chi connectivity index (χ4v) is 4.93. The van der Waals surface area contributed by atoms with Crippen molar-refractivity contribution in [2.24, 2.45) is 0 Å². The molecule has 9 nitrogen and oxygen atoms in total. The molecule has 1 aliphatic carbocycles. The molecule has 3 N–H and O–H groups in total. The highest BCUT2D eigenvalue weighted by Gasteiger charge is 2.24. The van der Waals surface area contributed by atoms with Gasteiger partial charge in [0, 0.05) is 23.9 Å². The largest absolute Gasteiger partial charge is 0.490 e. The van der Waals surface area contributed by atoms with E-state index in [9.17, 15) is 19.5 Å². The molecule has 43 heavy (non-hydrogen) atoms. The molecule has 0 aliphatic heterocycles. The number of hydrogen-bond acceptors (Lipinski definition) is 6. The van der Waals surface area contributed by atoms with Crippen LogP contribution in [0.15, 0.2) is 91.1 Å². The molecule has 0 bridgehead atoms. The second-order valence-corrected chi connectivity index (χ2v) is 10.6. The average molecular weight is 580 g/mol. The predicted octanol–water partition coefficient (Wildman–Crippen LogP) is 6.18. The van der Waals surface area contributed by atoms with Crippen LogP contribution in [0.25, 0.3) is 0 Å². The van der Waals surface area contributed by atoms with E-state index in [1.807, 2.05) is 55.5 Å². The Bertz CT molecular complexity index is 1560. The van der Waals surface area contributed by atoms with Crippen LogP contribution in [0.2, 0.25) is 0 Å². The summed E-state index contributed by atoms with van der Waals surface area (Å²) in [6, 6.07) is 24.7. The van der Waals surface area contributed by atoms with Crippen molar-refractivity contribution < 1.29 is 29.0 Å². The third-order valence-corrected chi connectivity index (χ3v) is 7.27. The van der Waals surface area contributed by atoms with E-state index in [1.165, 1.54) is 6.07 Å². The minimum Gasteiger partial charge on any atom is -0.490 e. The van der Waals surface area contributed by atoms with Crippen LogP contribution in [-0.4, -0.2) is 40.0 Å². The Morgan fingerprint density at radius 2 is 1.56 bits per heavy atom. The van der Waals surface area contributed by atoms with E-state index in [4.69, 9.17) is 9.47 Å². The number of aromatic nitrogens is 1.